The molecule has 166 valence electrons. The third-order valence-corrected chi connectivity index (χ3v) is 6.07. The first-order valence-corrected chi connectivity index (χ1v) is 10.5. The van der Waals surface area contributed by atoms with Crippen LogP contribution in [0, 0.1) is 16.0 Å². The molecule has 1 aliphatic carbocycles. The second-order valence-corrected chi connectivity index (χ2v) is 8.18. The van der Waals surface area contributed by atoms with Crippen molar-refractivity contribution in [3.8, 4) is 0 Å². The van der Waals surface area contributed by atoms with E-state index in [1.165, 1.54) is 18.2 Å². The van der Waals surface area contributed by atoms with E-state index < -0.39 is 22.3 Å². The summed E-state index contributed by atoms with van der Waals surface area (Å²) in [6, 6.07) is 12.0. The second-order valence-electron chi connectivity index (χ2n) is 8.18. The minimum atomic E-state index is -0.697. The molecule has 1 spiro atoms. The van der Waals surface area contributed by atoms with Crippen LogP contribution in [-0.4, -0.2) is 28.3 Å². The number of hydrogen-bond donors (Lipinski definition) is 2. The van der Waals surface area contributed by atoms with E-state index >= 15 is 0 Å². The summed E-state index contributed by atoms with van der Waals surface area (Å²) in [5.41, 5.74) is 0.332. The maximum Gasteiger partial charge on any atom is 0.307 e. The molecule has 2 aromatic rings. The average molecular weight is 437 g/mol. The number of esters is 1. The van der Waals surface area contributed by atoms with E-state index in [1.54, 1.807) is 30.3 Å². The van der Waals surface area contributed by atoms with E-state index in [4.69, 9.17) is 4.74 Å². The minimum absolute atomic E-state index is 0.0789. The number of nitrogens with zero attached hydrogens (tertiary/aromatic N) is 1. The third-order valence-electron chi connectivity index (χ3n) is 6.07. The van der Waals surface area contributed by atoms with Gasteiger partial charge >= 0.3 is 5.97 Å². The van der Waals surface area contributed by atoms with Gasteiger partial charge in [0.25, 0.3) is 11.6 Å². The second kappa shape index (κ2) is 8.78. The van der Waals surface area contributed by atoms with Crippen LogP contribution < -0.4 is 10.6 Å². The fourth-order valence-electron chi connectivity index (χ4n) is 4.46. The first-order valence-electron chi connectivity index (χ1n) is 10.5. The Morgan fingerprint density at radius 3 is 2.41 bits per heavy atom. The van der Waals surface area contributed by atoms with E-state index in [-0.39, 0.29) is 24.0 Å². The van der Waals surface area contributed by atoms with Crippen molar-refractivity contribution in [1.29, 1.82) is 0 Å². The number of nitro benzene ring substituents is 1. The molecule has 1 atom stereocenters. The molecule has 4 rings (SSSR count). The van der Waals surface area contributed by atoms with E-state index in [9.17, 15) is 24.5 Å². The van der Waals surface area contributed by atoms with Gasteiger partial charge in [0.2, 0.25) is 5.91 Å². The number of hydrogen-bond acceptors (Lipinski definition) is 6. The van der Waals surface area contributed by atoms with Crippen LogP contribution in [0.4, 0.5) is 17.1 Å². The highest BCUT2D eigenvalue weighted by atomic mass is 16.6. The Morgan fingerprint density at radius 1 is 1.00 bits per heavy atom. The molecular formula is C23H23N3O6. The van der Waals surface area contributed by atoms with Crippen LogP contribution in [0.2, 0.25) is 0 Å². The molecule has 1 saturated carbocycles. The number of carbonyl (C=O) groups excluding carboxylic acids is 3. The maximum atomic E-state index is 12.9. The quantitative estimate of drug-likeness (QED) is 0.413. The van der Waals surface area contributed by atoms with Crippen molar-refractivity contribution in [2.75, 3.05) is 10.6 Å². The predicted molar refractivity (Wildman–Crippen MR) is 116 cm³/mol. The van der Waals surface area contributed by atoms with Crippen molar-refractivity contribution in [3.63, 3.8) is 0 Å². The monoisotopic (exact) mass is 437 g/mol. The molecule has 2 aliphatic rings. The topological polar surface area (TPSA) is 128 Å². The number of carbonyl (C=O) groups is 3. The first-order chi connectivity index (χ1) is 15.4. The zero-order chi connectivity index (χ0) is 22.7. The van der Waals surface area contributed by atoms with Crippen LogP contribution in [0.15, 0.2) is 48.5 Å². The van der Waals surface area contributed by atoms with Crippen molar-refractivity contribution in [3.05, 3.63) is 64.2 Å². The summed E-state index contributed by atoms with van der Waals surface area (Å²) in [5.74, 6) is -1.54. The van der Waals surface area contributed by atoms with Gasteiger partial charge < -0.3 is 15.4 Å². The van der Waals surface area contributed by atoms with E-state index in [2.05, 4.69) is 10.6 Å². The Balaban J connectivity index is 1.41. The van der Waals surface area contributed by atoms with Crippen LogP contribution in [0.5, 0.6) is 0 Å². The summed E-state index contributed by atoms with van der Waals surface area (Å²) >= 11 is 0. The van der Waals surface area contributed by atoms with Crippen LogP contribution >= 0.6 is 0 Å². The lowest BCUT2D eigenvalue weighted by atomic mass is 9.75. The van der Waals surface area contributed by atoms with Crippen molar-refractivity contribution in [1.82, 2.24) is 0 Å². The number of rotatable bonds is 5. The molecule has 9 heteroatoms. The van der Waals surface area contributed by atoms with Crippen molar-refractivity contribution < 1.29 is 24.0 Å². The third kappa shape index (κ3) is 4.46. The lowest BCUT2D eigenvalue weighted by Gasteiger charge is -2.36. The molecule has 9 nitrogen and oxygen atoms in total. The van der Waals surface area contributed by atoms with Gasteiger partial charge in [0.1, 0.15) is 5.60 Å². The van der Waals surface area contributed by atoms with Gasteiger partial charge in [-0.2, -0.15) is 0 Å². The summed E-state index contributed by atoms with van der Waals surface area (Å²) in [4.78, 5) is 47.6. The molecule has 1 heterocycles. The van der Waals surface area contributed by atoms with Gasteiger partial charge in [0.05, 0.1) is 17.3 Å². The van der Waals surface area contributed by atoms with Crippen molar-refractivity contribution >= 4 is 34.8 Å². The van der Waals surface area contributed by atoms with E-state index in [0.717, 1.165) is 19.3 Å². The Morgan fingerprint density at radius 2 is 1.72 bits per heavy atom. The Labute approximate surface area is 184 Å². The van der Waals surface area contributed by atoms with Gasteiger partial charge in [-0.05, 0) is 56.0 Å². The van der Waals surface area contributed by atoms with Crippen LogP contribution in [0.25, 0.3) is 0 Å². The summed E-state index contributed by atoms with van der Waals surface area (Å²) in [6.45, 7) is 0. The van der Waals surface area contributed by atoms with Gasteiger partial charge in [-0.1, -0.05) is 12.5 Å². The molecule has 0 bridgehead atoms. The van der Waals surface area contributed by atoms with Crippen LogP contribution in [0.1, 0.15) is 48.9 Å². The van der Waals surface area contributed by atoms with Crippen molar-refractivity contribution in [2.24, 2.45) is 5.92 Å². The number of benzene rings is 2. The molecule has 32 heavy (non-hydrogen) atoms. The number of nitrogens with one attached hydrogen (secondary N) is 2. The van der Waals surface area contributed by atoms with E-state index in [0.29, 0.717) is 29.8 Å². The summed E-state index contributed by atoms with van der Waals surface area (Å²) in [7, 11) is 0. The lowest BCUT2D eigenvalue weighted by Crippen LogP contribution is -2.43. The first kappa shape index (κ1) is 21.5. The largest absolute Gasteiger partial charge is 0.458 e. The Bertz CT molecular complexity index is 1060. The smallest absolute Gasteiger partial charge is 0.307 e. The zero-order valence-corrected chi connectivity index (χ0v) is 17.3. The van der Waals surface area contributed by atoms with Gasteiger partial charge in [0, 0.05) is 29.1 Å². The Kier molecular flexibility index (Phi) is 5.89. The normalized spacial score (nSPS) is 19.2. The molecule has 1 aliphatic heterocycles. The van der Waals surface area contributed by atoms with Gasteiger partial charge in [0.15, 0.2) is 0 Å². The molecule has 2 fully saturated rings. The molecular weight excluding hydrogens is 414 g/mol. The van der Waals surface area contributed by atoms with E-state index in [1.807, 2.05) is 0 Å². The zero-order valence-electron chi connectivity index (χ0n) is 17.3. The summed E-state index contributed by atoms with van der Waals surface area (Å²) in [5, 5.41) is 16.3. The van der Waals surface area contributed by atoms with Gasteiger partial charge in [-0.25, -0.2) is 0 Å². The molecule has 2 amide bonds. The minimum Gasteiger partial charge on any atom is -0.458 e. The average Bonchev–Trinajstić information content (AvgIpc) is 3.10. The number of nitro groups is 1. The lowest BCUT2D eigenvalue weighted by molar-refractivity contribution is -0.384. The van der Waals surface area contributed by atoms with Gasteiger partial charge in [-0.3, -0.25) is 24.5 Å². The highest BCUT2D eigenvalue weighted by Crippen LogP contribution is 2.44. The highest BCUT2D eigenvalue weighted by molar-refractivity contribution is 6.05. The number of amides is 2. The number of ether oxygens (including phenoxy) is 1. The predicted octanol–water partition coefficient (Wildman–Crippen LogP) is 4.05. The fourth-order valence-corrected chi connectivity index (χ4v) is 4.46. The number of anilines is 2. The van der Waals surface area contributed by atoms with Crippen LogP contribution in [-0.2, 0) is 14.3 Å². The molecule has 2 aromatic carbocycles. The molecule has 0 unspecified atom stereocenters. The fraction of sp³-hybridized carbons (Fsp3) is 0.348. The number of non-ortho nitro benzene ring substituents is 1. The van der Waals surface area contributed by atoms with Crippen molar-refractivity contribution in [2.45, 2.75) is 44.1 Å². The molecule has 2 N–H and O–H groups in total. The standard InChI is InChI=1S/C23H23N3O6/c27-20-14-19(23(32-20)11-2-1-3-12-23)22(29)24-16-9-7-15(8-10-16)21(28)25-17-5-4-6-18(13-17)26(30)31/h4-10,13,19H,1-3,11-12,14H2,(H,24,29)(H,25,28)/t19-/m0/s1. The summed E-state index contributed by atoms with van der Waals surface area (Å²) in [6.07, 6.45) is 4.43. The van der Waals surface area contributed by atoms with Crippen LogP contribution in [0.3, 0.4) is 0 Å². The molecule has 0 radical (unpaired) electrons. The maximum absolute atomic E-state index is 12.9. The highest BCUT2D eigenvalue weighted by Gasteiger charge is 2.52. The molecule has 0 aromatic heterocycles. The summed E-state index contributed by atoms with van der Waals surface area (Å²) < 4.78 is 5.60. The van der Waals surface area contributed by atoms with Gasteiger partial charge in [-0.15, -0.1) is 0 Å². The molecule has 1 saturated heterocycles. The Hall–Kier alpha value is -3.75. The SMILES string of the molecule is O=C1C[C@@H](C(=O)Nc2ccc(C(=O)Nc3cccc([N+](=O)[O-])c3)cc2)C2(CCCCC2)O1.